The first-order valence-corrected chi connectivity index (χ1v) is 7.75. The molecule has 0 amide bonds. The molecule has 96 valence electrons. The third kappa shape index (κ3) is 3.44. The van der Waals surface area contributed by atoms with E-state index in [-0.39, 0.29) is 0 Å². The van der Waals surface area contributed by atoms with Crippen LogP contribution in [0.3, 0.4) is 0 Å². The van der Waals surface area contributed by atoms with Gasteiger partial charge in [0.05, 0.1) is 0 Å². The Morgan fingerprint density at radius 1 is 1.00 bits per heavy atom. The zero-order chi connectivity index (χ0) is 13.1. The van der Waals surface area contributed by atoms with Crippen LogP contribution in [0.25, 0.3) is 0 Å². The second kappa shape index (κ2) is 6.00. The highest BCUT2D eigenvalue weighted by Crippen LogP contribution is 2.25. The lowest BCUT2D eigenvalue weighted by atomic mass is 10.1. The van der Waals surface area contributed by atoms with Gasteiger partial charge in [-0.05, 0) is 50.6 Å². The molecule has 1 heterocycles. The fourth-order valence-electron chi connectivity index (χ4n) is 1.99. The minimum Gasteiger partial charge on any atom is -0.303 e. The van der Waals surface area contributed by atoms with Gasteiger partial charge >= 0.3 is 0 Å². The van der Waals surface area contributed by atoms with Crippen molar-refractivity contribution in [2.75, 3.05) is 0 Å². The fraction of sp³-hybridized carbons (Fsp3) is 0.333. The Labute approximate surface area is 121 Å². The normalized spacial score (nSPS) is 14.4. The average Bonchev–Trinajstić information content (AvgIpc) is 2.76. The number of rotatable bonds is 4. The van der Waals surface area contributed by atoms with Crippen molar-refractivity contribution in [1.29, 1.82) is 0 Å². The molecule has 0 radical (unpaired) electrons. The number of thiophene rings is 1. The second-order valence-electron chi connectivity index (χ2n) is 4.61. The molecule has 1 nitrogen and oxygen atoms in total. The van der Waals surface area contributed by atoms with E-state index in [2.05, 4.69) is 78.4 Å². The first-order valence-electron chi connectivity index (χ1n) is 6.14. The summed E-state index contributed by atoms with van der Waals surface area (Å²) in [6, 6.07) is 13.6. The molecule has 2 aromatic rings. The topological polar surface area (TPSA) is 12.0 Å². The van der Waals surface area contributed by atoms with Crippen molar-refractivity contribution in [2.24, 2.45) is 0 Å². The molecule has 1 aromatic carbocycles. The van der Waals surface area contributed by atoms with E-state index >= 15 is 0 Å². The third-order valence-corrected chi connectivity index (χ3v) is 4.77. The van der Waals surface area contributed by atoms with E-state index in [0.717, 1.165) is 4.47 Å². The molecule has 0 aliphatic rings. The molecule has 2 rings (SSSR count). The van der Waals surface area contributed by atoms with Gasteiger partial charge in [-0.25, -0.2) is 0 Å². The molecule has 0 bridgehead atoms. The Morgan fingerprint density at radius 3 is 2.22 bits per heavy atom. The van der Waals surface area contributed by atoms with E-state index < -0.39 is 0 Å². The van der Waals surface area contributed by atoms with Crippen molar-refractivity contribution in [3.8, 4) is 0 Å². The summed E-state index contributed by atoms with van der Waals surface area (Å²) < 4.78 is 1.13. The van der Waals surface area contributed by atoms with Crippen molar-refractivity contribution in [2.45, 2.75) is 32.9 Å². The van der Waals surface area contributed by atoms with Gasteiger partial charge in [0.1, 0.15) is 0 Å². The van der Waals surface area contributed by atoms with Gasteiger partial charge in [-0.1, -0.05) is 28.1 Å². The van der Waals surface area contributed by atoms with Crippen molar-refractivity contribution in [3.05, 3.63) is 56.2 Å². The lowest BCUT2D eigenvalue weighted by Crippen LogP contribution is -2.21. The van der Waals surface area contributed by atoms with Gasteiger partial charge in [0, 0.05) is 26.3 Å². The molecule has 18 heavy (non-hydrogen) atoms. The molecule has 2 atom stereocenters. The lowest BCUT2D eigenvalue weighted by Gasteiger charge is -2.19. The second-order valence-corrected chi connectivity index (χ2v) is 6.85. The molecule has 0 saturated carbocycles. The maximum absolute atomic E-state index is 3.64. The van der Waals surface area contributed by atoms with Crippen molar-refractivity contribution < 1.29 is 0 Å². The molecule has 3 heteroatoms. The predicted octanol–water partition coefficient (Wildman–Crippen LogP) is 5.23. The van der Waals surface area contributed by atoms with Crippen LogP contribution in [0.15, 0.2) is 40.9 Å². The molecule has 1 N–H and O–H groups in total. The first-order chi connectivity index (χ1) is 8.56. The average molecular weight is 324 g/mol. The van der Waals surface area contributed by atoms with Crippen LogP contribution in [-0.2, 0) is 0 Å². The fourth-order valence-corrected chi connectivity index (χ4v) is 3.14. The molecular formula is C15H18BrNS. The predicted molar refractivity (Wildman–Crippen MR) is 83.2 cm³/mol. The Morgan fingerprint density at radius 2 is 1.67 bits per heavy atom. The summed E-state index contributed by atoms with van der Waals surface area (Å²) in [6.45, 7) is 6.58. The zero-order valence-corrected chi connectivity index (χ0v) is 13.3. The van der Waals surface area contributed by atoms with Crippen LogP contribution in [0.4, 0.5) is 0 Å². The van der Waals surface area contributed by atoms with E-state index in [0.29, 0.717) is 12.1 Å². The molecule has 0 spiro atoms. The van der Waals surface area contributed by atoms with Gasteiger partial charge in [0.2, 0.25) is 0 Å². The van der Waals surface area contributed by atoms with Crippen LogP contribution < -0.4 is 5.32 Å². The summed E-state index contributed by atoms with van der Waals surface area (Å²) in [4.78, 5) is 2.77. The SMILES string of the molecule is Cc1ccc(C(C)N[C@H](C)c2ccc(Br)cc2)s1. The highest BCUT2D eigenvalue weighted by atomic mass is 79.9. The molecule has 0 aliphatic carbocycles. The number of benzene rings is 1. The summed E-state index contributed by atoms with van der Waals surface area (Å²) in [5.41, 5.74) is 1.32. The highest BCUT2D eigenvalue weighted by Gasteiger charge is 2.12. The zero-order valence-electron chi connectivity index (χ0n) is 10.9. The summed E-state index contributed by atoms with van der Waals surface area (Å²) in [6.07, 6.45) is 0. The van der Waals surface area contributed by atoms with Gasteiger partial charge in [-0.15, -0.1) is 11.3 Å². The van der Waals surface area contributed by atoms with Gasteiger partial charge in [-0.3, -0.25) is 0 Å². The summed E-state index contributed by atoms with van der Waals surface area (Å²) in [5.74, 6) is 0. The molecule has 1 aromatic heterocycles. The quantitative estimate of drug-likeness (QED) is 0.812. The van der Waals surface area contributed by atoms with E-state index in [4.69, 9.17) is 0 Å². The Balaban J connectivity index is 2.02. The number of hydrogen-bond acceptors (Lipinski definition) is 2. The highest BCUT2D eigenvalue weighted by molar-refractivity contribution is 9.10. The molecular weight excluding hydrogens is 306 g/mol. The third-order valence-electron chi connectivity index (χ3n) is 3.06. The number of nitrogens with one attached hydrogen (secondary N) is 1. The summed E-state index contributed by atoms with van der Waals surface area (Å²) in [7, 11) is 0. The van der Waals surface area contributed by atoms with Gasteiger partial charge in [0.25, 0.3) is 0 Å². The summed E-state index contributed by atoms with van der Waals surface area (Å²) in [5, 5.41) is 3.64. The Hall–Kier alpha value is -0.640. The van der Waals surface area contributed by atoms with Crippen molar-refractivity contribution >= 4 is 27.3 Å². The largest absolute Gasteiger partial charge is 0.303 e. The number of aryl methyl sites for hydroxylation is 1. The van der Waals surface area contributed by atoms with Gasteiger partial charge in [0.15, 0.2) is 0 Å². The van der Waals surface area contributed by atoms with E-state index in [1.165, 1.54) is 15.3 Å². The van der Waals surface area contributed by atoms with Crippen LogP contribution in [0.1, 0.15) is 41.2 Å². The lowest BCUT2D eigenvalue weighted by molar-refractivity contribution is 0.500. The first kappa shape index (κ1) is 13.8. The van der Waals surface area contributed by atoms with Gasteiger partial charge < -0.3 is 5.32 Å². The summed E-state index contributed by atoms with van der Waals surface area (Å²) >= 11 is 5.33. The minimum atomic E-state index is 0.357. The van der Waals surface area contributed by atoms with Crippen molar-refractivity contribution in [1.82, 2.24) is 5.32 Å². The van der Waals surface area contributed by atoms with Crippen LogP contribution in [0.2, 0.25) is 0 Å². The standard InChI is InChI=1S/C15H18BrNS/c1-10-4-9-15(18-10)12(3)17-11(2)13-5-7-14(16)8-6-13/h4-9,11-12,17H,1-3H3/t11-,12?/m1/s1. The minimum absolute atomic E-state index is 0.357. The van der Waals surface area contributed by atoms with Crippen LogP contribution >= 0.6 is 27.3 Å². The van der Waals surface area contributed by atoms with Crippen LogP contribution in [0.5, 0.6) is 0 Å². The monoisotopic (exact) mass is 323 g/mol. The van der Waals surface area contributed by atoms with Crippen LogP contribution in [0, 0.1) is 6.92 Å². The molecule has 0 fully saturated rings. The molecule has 0 saturated heterocycles. The van der Waals surface area contributed by atoms with Gasteiger partial charge in [-0.2, -0.15) is 0 Å². The van der Waals surface area contributed by atoms with Crippen molar-refractivity contribution in [3.63, 3.8) is 0 Å². The molecule has 1 unspecified atom stereocenters. The van der Waals surface area contributed by atoms with Crippen LogP contribution in [-0.4, -0.2) is 0 Å². The Kier molecular flexibility index (Phi) is 4.60. The number of halogens is 1. The molecule has 0 aliphatic heterocycles. The Bertz CT molecular complexity index is 503. The maximum Gasteiger partial charge on any atom is 0.0391 e. The van der Waals surface area contributed by atoms with E-state index in [9.17, 15) is 0 Å². The number of hydrogen-bond donors (Lipinski definition) is 1. The maximum atomic E-state index is 3.64. The smallest absolute Gasteiger partial charge is 0.0391 e. The van der Waals surface area contributed by atoms with E-state index in [1.54, 1.807) is 0 Å². The van der Waals surface area contributed by atoms with E-state index in [1.807, 2.05) is 11.3 Å².